The van der Waals surface area contributed by atoms with Crippen LogP contribution in [0.1, 0.15) is 38.5 Å². The van der Waals surface area contributed by atoms with Gasteiger partial charge in [0, 0.05) is 0 Å². The Bertz CT molecular complexity index is 379. The Hall–Kier alpha value is -1.33. The number of hydrogen-bond acceptors (Lipinski definition) is 4. The fraction of sp³-hybridized carbons (Fsp3) is 0.909. The molecule has 0 aliphatic heterocycles. The fourth-order valence-electron chi connectivity index (χ4n) is 4.69. The van der Waals surface area contributed by atoms with Crippen LogP contribution in [-0.2, 0) is 9.63 Å². The van der Waals surface area contributed by atoms with Crippen LogP contribution >= 0.6 is 0 Å². The number of hydrogen-bond donors (Lipinski definition) is 1. The molecule has 0 aromatic heterocycles. The van der Waals surface area contributed by atoms with Gasteiger partial charge in [-0.05, 0) is 50.4 Å². The molecule has 4 aliphatic carbocycles. The summed E-state index contributed by atoms with van der Waals surface area (Å²) in [6.07, 6.45) is 3.96. The predicted molar refractivity (Wildman–Crippen MR) is 55.6 cm³/mol. The Morgan fingerprint density at radius 1 is 1.29 bits per heavy atom. The minimum atomic E-state index is -0.814. The average molecular weight is 241 g/mol. The molecule has 4 rings (SSSR count). The second-order valence-electron chi connectivity index (χ2n) is 6.04. The second-order valence-corrected chi connectivity index (χ2v) is 6.04. The van der Waals surface area contributed by atoms with Gasteiger partial charge in [0.1, 0.15) is 5.60 Å². The molecule has 17 heavy (non-hydrogen) atoms. The van der Waals surface area contributed by atoms with Crippen molar-refractivity contribution < 1.29 is 19.8 Å². The SMILES string of the molecule is O=C(O)C12C[C@H]3C[C@@H](CC(O[N+](=O)[O-])(C3)C1)C2. The lowest BCUT2D eigenvalue weighted by Crippen LogP contribution is -2.59. The summed E-state index contributed by atoms with van der Waals surface area (Å²) in [6.45, 7) is 0. The third-order valence-corrected chi connectivity index (χ3v) is 4.73. The molecule has 4 saturated carbocycles. The number of aliphatic carboxylic acids is 1. The second kappa shape index (κ2) is 3.11. The van der Waals surface area contributed by atoms with Crippen LogP contribution in [0.5, 0.6) is 0 Å². The van der Waals surface area contributed by atoms with E-state index in [4.69, 9.17) is 4.84 Å². The molecule has 6 heteroatoms. The van der Waals surface area contributed by atoms with E-state index in [-0.39, 0.29) is 11.8 Å². The van der Waals surface area contributed by atoms with Crippen molar-refractivity contribution in [1.29, 1.82) is 0 Å². The van der Waals surface area contributed by atoms with Crippen molar-refractivity contribution in [3.63, 3.8) is 0 Å². The van der Waals surface area contributed by atoms with E-state index in [1.807, 2.05) is 0 Å². The lowest BCUT2D eigenvalue weighted by atomic mass is 9.48. The lowest BCUT2D eigenvalue weighted by molar-refractivity contribution is -0.785. The Labute approximate surface area is 98.0 Å². The van der Waals surface area contributed by atoms with E-state index in [1.165, 1.54) is 0 Å². The molecule has 94 valence electrons. The number of carbonyl (C=O) groups is 1. The molecule has 0 amide bonds. The summed E-state index contributed by atoms with van der Waals surface area (Å²) >= 11 is 0. The van der Waals surface area contributed by atoms with Gasteiger partial charge in [0.05, 0.1) is 5.41 Å². The van der Waals surface area contributed by atoms with Gasteiger partial charge in [-0.1, -0.05) is 0 Å². The van der Waals surface area contributed by atoms with Gasteiger partial charge in [-0.2, -0.15) is 0 Å². The van der Waals surface area contributed by atoms with Gasteiger partial charge < -0.3 is 9.94 Å². The van der Waals surface area contributed by atoms with Crippen molar-refractivity contribution in [1.82, 2.24) is 0 Å². The van der Waals surface area contributed by atoms with Crippen LogP contribution in [0.25, 0.3) is 0 Å². The van der Waals surface area contributed by atoms with E-state index >= 15 is 0 Å². The molecule has 0 aromatic rings. The minimum Gasteiger partial charge on any atom is -0.481 e. The molecule has 6 nitrogen and oxygen atoms in total. The van der Waals surface area contributed by atoms with Gasteiger partial charge in [0.25, 0.3) is 5.09 Å². The Morgan fingerprint density at radius 3 is 2.35 bits per heavy atom. The predicted octanol–water partition coefficient (Wildman–Crippen LogP) is 1.62. The van der Waals surface area contributed by atoms with E-state index in [2.05, 4.69) is 0 Å². The molecule has 4 bridgehead atoms. The molecule has 1 N–H and O–H groups in total. The third kappa shape index (κ3) is 1.50. The normalized spacial score (nSPS) is 46.8. The van der Waals surface area contributed by atoms with Gasteiger partial charge in [-0.25, -0.2) is 0 Å². The van der Waals surface area contributed by atoms with Crippen molar-refractivity contribution >= 4 is 5.97 Å². The summed E-state index contributed by atoms with van der Waals surface area (Å²) < 4.78 is 0. The van der Waals surface area contributed by atoms with Crippen molar-refractivity contribution in [2.24, 2.45) is 17.3 Å². The number of nitrogens with zero attached hydrogens (tertiary/aromatic N) is 1. The summed E-state index contributed by atoms with van der Waals surface area (Å²) in [4.78, 5) is 26.9. The van der Waals surface area contributed by atoms with E-state index in [0.717, 1.165) is 6.42 Å². The molecule has 2 atom stereocenters. The summed E-state index contributed by atoms with van der Waals surface area (Å²) in [5.41, 5.74) is -1.58. The van der Waals surface area contributed by atoms with Crippen molar-refractivity contribution in [2.75, 3.05) is 0 Å². The fourth-order valence-corrected chi connectivity index (χ4v) is 4.69. The minimum absolute atomic E-state index is 0.285. The zero-order chi connectivity index (χ0) is 12.3. The summed E-state index contributed by atoms with van der Waals surface area (Å²) in [7, 11) is 0. The standard InChI is InChI=1S/C11H15NO5/c13-9(14)10-2-7-1-8(3-10)5-11(4-7,6-10)17-12(15)16/h7-8H,1-6H2,(H,13,14)/t7-,8-,10?,11?/m1/s1. The van der Waals surface area contributed by atoms with E-state index in [1.54, 1.807) is 0 Å². The maximum atomic E-state index is 11.5. The highest BCUT2D eigenvalue weighted by molar-refractivity contribution is 5.75. The van der Waals surface area contributed by atoms with Crippen LogP contribution in [0.4, 0.5) is 0 Å². The topological polar surface area (TPSA) is 89.7 Å². The van der Waals surface area contributed by atoms with Crippen LogP contribution < -0.4 is 0 Å². The highest BCUT2D eigenvalue weighted by Gasteiger charge is 2.62. The summed E-state index contributed by atoms with van der Waals surface area (Å²) in [6, 6.07) is 0. The van der Waals surface area contributed by atoms with E-state index < -0.39 is 22.1 Å². The Kier molecular flexibility index (Phi) is 1.98. The zero-order valence-corrected chi connectivity index (χ0v) is 9.42. The van der Waals surface area contributed by atoms with Gasteiger partial charge >= 0.3 is 5.97 Å². The highest BCUT2D eigenvalue weighted by atomic mass is 17.0. The zero-order valence-electron chi connectivity index (χ0n) is 9.42. The number of carboxylic acid groups (broad SMARTS) is 1. The molecule has 0 radical (unpaired) electrons. The van der Waals surface area contributed by atoms with E-state index in [9.17, 15) is 20.0 Å². The molecule has 0 heterocycles. The van der Waals surface area contributed by atoms with Crippen LogP contribution in [0.2, 0.25) is 0 Å². The smallest absolute Gasteiger partial charge is 0.309 e. The maximum Gasteiger partial charge on any atom is 0.309 e. The summed E-state index contributed by atoms with van der Waals surface area (Å²) in [5, 5.41) is 19.2. The van der Waals surface area contributed by atoms with Gasteiger partial charge in [-0.15, -0.1) is 10.1 Å². The Morgan fingerprint density at radius 2 is 1.88 bits per heavy atom. The molecule has 0 unspecified atom stereocenters. The molecular weight excluding hydrogens is 226 g/mol. The molecule has 0 spiro atoms. The first kappa shape index (κ1) is 10.8. The maximum absolute atomic E-state index is 11.5. The first-order valence-electron chi connectivity index (χ1n) is 6.00. The molecule has 0 saturated heterocycles. The van der Waals surface area contributed by atoms with Crippen LogP contribution in [0, 0.1) is 27.4 Å². The van der Waals surface area contributed by atoms with Gasteiger partial charge in [-0.3, -0.25) is 4.79 Å². The third-order valence-electron chi connectivity index (χ3n) is 4.73. The van der Waals surface area contributed by atoms with E-state index in [0.29, 0.717) is 32.1 Å². The molecule has 4 fully saturated rings. The average Bonchev–Trinajstić information content (AvgIpc) is 2.12. The van der Waals surface area contributed by atoms with Gasteiger partial charge in [0.2, 0.25) is 0 Å². The monoisotopic (exact) mass is 241 g/mol. The van der Waals surface area contributed by atoms with Crippen LogP contribution in [0.3, 0.4) is 0 Å². The van der Waals surface area contributed by atoms with Crippen molar-refractivity contribution in [3.8, 4) is 0 Å². The number of rotatable bonds is 3. The quantitative estimate of drug-likeness (QED) is 0.599. The first-order chi connectivity index (χ1) is 7.93. The van der Waals surface area contributed by atoms with Crippen LogP contribution in [-0.4, -0.2) is 21.8 Å². The van der Waals surface area contributed by atoms with Gasteiger partial charge in [0.15, 0.2) is 0 Å². The van der Waals surface area contributed by atoms with Crippen molar-refractivity contribution in [2.45, 2.75) is 44.1 Å². The lowest BCUT2D eigenvalue weighted by Gasteiger charge is -2.58. The van der Waals surface area contributed by atoms with Crippen molar-refractivity contribution in [3.05, 3.63) is 10.1 Å². The number of carboxylic acids is 1. The van der Waals surface area contributed by atoms with Crippen LogP contribution in [0.15, 0.2) is 0 Å². The molecule has 0 aromatic carbocycles. The molecule has 4 aliphatic rings. The highest BCUT2D eigenvalue weighted by Crippen LogP contribution is 2.62. The largest absolute Gasteiger partial charge is 0.481 e. The summed E-state index contributed by atoms with van der Waals surface area (Å²) in [5.74, 6) is -0.234. The Balaban J connectivity index is 1.94. The first-order valence-corrected chi connectivity index (χ1v) is 6.00. The molecular formula is C11H15NO5.